The monoisotopic (exact) mass is 274 g/mol. The minimum atomic E-state index is -0.473. The largest absolute Gasteiger partial charge is 0.359 e. The van der Waals surface area contributed by atoms with Gasteiger partial charge in [-0.2, -0.15) is 0 Å². The van der Waals surface area contributed by atoms with Crippen LogP contribution in [-0.4, -0.2) is 27.0 Å². The maximum absolute atomic E-state index is 11.2. The molecule has 1 fully saturated rings. The van der Waals surface area contributed by atoms with Crippen molar-refractivity contribution >= 4 is 17.4 Å². The van der Waals surface area contributed by atoms with Crippen LogP contribution in [0.3, 0.4) is 0 Å². The van der Waals surface area contributed by atoms with E-state index in [0.29, 0.717) is 5.92 Å². The number of hydrogen-bond acceptors (Lipinski definition) is 4. The van der Waals surface area contributed by atoms with Crippen LogP contribution in [0.5, 0.6) is 0 Å². The van der Waals surface area contributed by atoms with E-state index in [1.165, 1.54) is 5.69 Å². The third kappa shape index (κ3) is 2.22. The molecular weight excluding hydrogens is 256 g/mol. The number of hydrogen-bond donors (Lipinski definition) is 3. The highest BCUT2D eigenvalue weighted by atomic mass is 16.5. The smallest absolute Gasteiger partial charge is 0.262 e. The fourth-order valence-corrected chi connectivity index (χ4v) is 2.53. The van der Waals surface area contributed by atoms with E-state index in [2.05, 4.69) is 27.7 Å². The van der Waals surface area contributed by atoms with Gasteiger partial charge in [-0.15, -0.1) is 0 Å². The van der Waals surface area contributed by atoms with Gasteiger partial charge in [-0.05, 0) is 31.4 Å². The number of rotatable bonds is 5. The van der Waals surface area contributed by atoms with Crippen molar-refractivity contribution in [3.63, 3.8) is 0 Å². The normalized spacial score (nSPS) is 14.5. The minimum absolute atomic E-state index is 0.0154. The van der Waals surface area contributed by atoms with Crippen molar-refractivity contribution in [1.29, 1.82) is 0 Å². The molecule has 1 aliphatic rings. The zero-order chi connectivity index (χ0) is 14.1. The fourth-order valence-electron chi connectivity index (χ4n) is 2.53. The molecule has 6 nitrogen and oxygen atoms in total. The van der Waals surface area contributed by atoms with Crippen molar-refractivity contribution in [3.8, 4) is 0 Å². The highest BCUT2D eigenvalue weighted by Gasteiger charge is 2.31. The summed E-state index contributed by atoms with van der Waals surface area (Å²) in [5, 5.41) is 11.6. The third-order valence-corrected chi connectivity index (χ3v) is 3.63. The molecule has 3 N–H and O–H groups in total. The van der Waals surface area contributed by atoms with Crippen LogP contribution in [0.25, 0.3) is 5.65 Å². The Balaban J connectivity index is 2.03. The van der Waals surface area contributed by atoms with Crippen molar-refractivity contribution < 1.29 is 10.0 Å². The number of pyridine rings is 1. The van der Waals surface area contributed by atoms with Crippen LogP contribution >= 0.6 is 0 Å². The van der Waals surface area contributed by atoms with Crippen LogP contribution in [0.2, 0.25) is 0 Å². The quantitative estimate of drug-likeness (QED) is 0.572. The van der Waals surface area contributed by atoms with E-state index in [1.54, 1.807) is 5.48 Å². The van der Waals surface area contributed by atoms with E-state index in [9.17, 15) is 4.79 Å². The molecule has 0 saturated heterocycles. The molecule has 0 atom stereocenters. The summed E-state index contributed by atoms with van der Waals surface area (Å²) in [6.07, 6.45) is 3.25. The molecule has 1 saturated carbocycles. The van der Waals surface area contributed by atoms with E-state index in [0.717, 1.165) is 36.4 Å². The maximum atomic E-state index is 11.2. The number of hydroxylamine groups is 1. The summed E-state index contributed by atoms with van der Waals surface area (Å²) in [6, 6.07) is 6.08. The van der Waals surface area contributed by atoms with Crippen molar-refractivity contribution in [1.82, 2.24) is 14.9 Å². The zero-order valence-electron chi connectivity index (χ0n) is 11.4. The first-order valence-electron chi connectivity index (χ1n) is 6.91. The molecule has 1 aliphatic carbocycles. The number of anilines is 1. The SMILES string of the molecule is CCc1cccc2nc(NCC(=O)NO)c(C3CC3)n12. The van der Waals surface area contributed by atoms with E-state index >= 15 is 0 Å². The summed E-state index contributed by atoms with van der Waals surface area (Å²) >= 11 is 0. The molecule has 0 aliphatic heterocycles. The number of aryl methyl sites for hydroxylation is 1. The van der Waals surface area contributed by atoms with Gasteiger partial charge >= 0.3 is 0 Å². The molecule has 2 aromatic heterocycles. The summed E-state index contributed by atoms with van der Waals surface area (Å²) in [7, 11) is 0. The topological polar surface area (TPSA) is 78.7 Å². The van der Waals surface area contributed by atoms with Crippen molar-refractivity contribution in [2.24, 2.45) is 0 Å². The second kappa shape index (κ2) is 5.13. The van der Waals surface area contributed by atoms with Gasteiger partial charge in [0.2, 0.25) is 0 Å². The Morgan fingerprint density at radius 1 is 1.50 bits per heavy atom. The van der Waals surface area contributed by atoms with Gasteiger partial charge in [0.15, 0.2) is 0 Å². The van der Waals surface area contributed by atoms with Gasteiger partial charge in [0.25, 0.3) is 5.91 Å². The number of carbonyl (C=O) groups is 1. The number of fused-ring (bicyclic) bond motifs is 1. The average Bonchev–Trinajstić information content (AvgIpc) is 3.24. The van der Waals surface area contributed by atoms with Gasteiger partial charge in [-0.3, -0.25) is 14.4 Å². The molecular formula is C14H18N4O2. The standard InChI is InChI=1S/C14H18N4O2/c1-2-10-4-3-5-11-16-14(15-8-12(19)17-20)13(18(10)11)9-6-7-9/h3-5,9,15,20H,2,6-8H2,1H3,(H,17,19). The number of aromatic nitrogens is 2. The van der Waals surface area contributed by atoms with E-state index in [4.69, 9.17) is 5.21 Å². The van der Waals surface area contributed by atoms with Crippen molar-refractivity contribution in [2.45, 2.75) is 32.1 Å². The summed E-state index contributed by atoms with van der Waals surface area (Å²) < 4.78 is 2.19. The lowest BCUT2D eigenvalue weighted by Crippen LogP contribution is -2.27. The van der Waals surface area contributed by atoms with Gasteiger partial charge in [-0.25, -0.2) is 10.5 Å². The lowest BCUT2D eigenvalue weighted by molar-refractivity contribution is -0.127. The van der Waals surface area contributed by atoms with Gasteiger partial charge in [-0.1, -0.05) is 13.0 Å². The molecule has 2 heterocycles. The minimum Gasteiger partial charge on any atom is -0.359 e. The summed E-state index contributed by atoms with van der Waals surface area (Å²) in [6.45, 7) is 2.14. The number of carbonyl (C=O) groups excluding carboxylic acids is 1. The number of amides is 1. The summed E-state index contributed by atoms with van der Waals surface area (Å²) in [4.78, 5) is 15.7. The molecule has 106 valence electrons. The first kappa shape index (κ1) is 12.9. The maximum Gasteiger partial charge on any atom is 0.262 e. The van der Waals surface area contributed by atoms with Crippen LogP contribution in [-0.2, 0) is 11.2 Å². The Hall–Kier alpha value is -2.08. The highest BCUT2D eigenvalue weighted by molar-refractivity contribution is 5.79. The average molecular weight is 274 g/mol. The predicted octanol–water partition coefficient (Wildman–Crippen LogP) is 1.69. The zero-order valence-corrected chi connectivity index (χ0v) is 11.4. The molecule has 0 unspecified atom stereocenters. The van der Waals surface area contributed by atoms with Crippen LogP contribution < -0.4 is 10.8 Å². The summed E-state index contributed by atoms with van der Waals surface area (Å²) in [5.41, 5.74) is 4.90. The van der Waals surface area contributed by atoms with Gasteiger partial charge in [0, 0.05) is 11.6 Å². The summed E-state index contributed by atoms with van der Waals surface area (Å²) in [5.74, 6) is 0.786. The third-order valence-electron chi connectivity index (χ3n) is 3.63. The first-order chi connectivity index (χ1) is 9.74. The van der Waals surface area contributed by atoms with Crippen LogP contribution in [0.4, 0.5) is 5.82 Å². The van der Waals surface area contributed by atoms with E-state index < -0.39 is 5.91 Å². The number of nitrogens with one attached hydrogen (secondary N) is 2. The first-order valence-corrected chi connectivity index (χ1v) is 6.91. The Kier molecular flexibility index (Phi) is 3.31. The highest BCUT2D eigenvalue weighted by Crippen LogP contribution is 2.44. The Morgan fingerprint density at radius 2 is 2.30 bits per heavy atom. The molecule has 1 amide bonds. The van der Waals surface area contributed by atoms with E-state index in [-0.39, 0.29) is 6.54 Å². The molecule has 0 radical (unpaired) electrons. The van der Waals surface area contributed by atoms with Crippen molar-refractivity contribution in [3.05, 3.63) is 29.6 Å². The number of nitrogens with zero attached hydrogens (tertiary/aromatic N) is 2. The van der Waals surface area contributed by atoms with Crippen LogP contribution in [0.15, 0.2) is 18.2 Å². The molecule has 20 heavy (non-hydrogen) atoms. The molecule has 0 spiro atoms. The van der Waals surface area contributed by atoms with Gasteiger partial charge in [0.1, 0.15) is 11.5 Å². The predicted molar refractivity (Wildman–Crippen MR) is 75.0 cm³/mol. The molecule has 6 heteroatoms. The Labute approximate surface area is 116 Å². The molecule has 3 rings (SSSR count). The fraction of sp³-hybridized carbons (Fsp3) is 0.429. The van der Waals surface area contributed by atoms with Crippen molar-refractivity contribution in [2.75, 3.05) is 11.9 Å². The second-order valence-electron chi connectivity index (χ2n) is 5.07. The van der Waals surface area contributed by atoms with Gasteiger partial charge < -0.3 is 5.32 Å². The lowest BCUT2D eigenvalue weighted by Gasteiger charge is -2.08. The van der Waals surface area contributed by atoms with E-state index in [1.807, 2.05) is 12.1 Å². The molecule has 2 aromatic rings. The Morgan fingerprint density at radius 3 is 2.95 bits per heavy atom. The number of imidazole rings is 1. The van der Waals surface area contributed by atoms with Gasteiger partial charge in [0.05, 0.1) is 12.2 Å². The molecule has 0 aromatic carbocycles. The Bertz CT molecular complexity index is 646. The lowest BCUT2D eigenvalue weighted by atomic mass is 10.2. The second-order valence-corrected chi connectivity index (χ2v) is 5.07. The van der Waals surface area contributed by atoms with Crippen LogP contribution in [0.1, 0.15) is 37.1 Å². The molecule has 0 bridgehead atoms. The van der Waals surface area contributed by atoms with Crippen LogP contribution in [0, 0.1) is 0 Å².